The molecular formula is C26H42Cl2Si2Ti. The number of allylic oxidation sites excluding steroid dienone is 8. The van der Waals surface area contributed by atoms with Gasteiger partial charge in [-0.15, -0.1) is 0 Å². The van der Waals surface area contributed by atoms with E-state index >= 15 is 0 Å². The molecule has 2 saturated heterocycles. The van der Waals surface area contributed by atoms with Gasteiger partial charge in [-0.05, 0) is 0 Å². The Bertz CT molecular complexity index is 706. The van der Waals surface area contributed by atoms with E-state index in [0.29, 0.717) is 0 Å². The zero-order valence-electron chi connectivity index (χ0n) is 20.3. The molecule has 2 aliphatic heterocycles. The summed E-state index contributed by atoms with van der Waals surface area (Å²) in [6, 6.07) is 9.62. The second-order valence-corrected chi connectivity index (χ2v) is 21.7. The van der Waals surface area contributed by atoms with Crippen LogP contribution in [-0.4, -0.2) is 16.1 Å². The first-order valence-electron chi connectivity index (χ1n) is 12.6. The molecule has 0 saturated carbocycles. The molecule has 0 atom stereocenters. The van der Waals surface area contributed by atoms with Crippen molar-refractivity contribution in [2.24, 2.45) is 0 Å². The molecule has 2 aliphatic carbocycles. The summed E-state index contributed by atoms with van der Waals surface area (Å²) in [4.78, 5) is 0. The topological polar surface area (TPSA) is 0 Å². The van der Waals surface area contributed by atoms with Gasteiger partial charge in [0.2, 0.25) is 0 Å². The van der Waals surface area contributed by atoms with Gasteiger partial charge in [-0.3, -0.25) is 0 Å². The van der Waals surface area contributed by atoms with Gasteiger partial charge >= 0.3 is 192 Å². The van der Waals surface area contributed by atoms with E-state index in [0.717, 1.165) is 0 Å². The van der Waals surface area contributed by atoms with Crippen LogP contribution in [0.1, 0.15) is 79.1 Å². The van der Waals surface area contributed by atoms with Crippen LogP contribution in [0.2, 0.25) is 36.3 Å². The Balaban J connectivity index is 0.00000171. The van der Waals surface area contributed by atoms with Gasteiger partial charge in [0.25, 0.3) is 0 Å². The van der Waals surface area contributed by atoms with E-state index in [1.807, 2.05) is 18.1 Å². The van der Waals surface area contributed by atoms with E-state index in [1.165, 1.54) is 51.4 Å². The summed E-state index contributed by atoms with van der Waals surface area (Å²) in [5, 5.41) is 4.00. The molecule has 31 heavy (non-hydrogen) atoms. The maximum absolute atomic E-state index is 2.75. The molecule has 0 aromatic heterocycles. The second-order valence-electron chi connectivity index (χ2n) is 10.6. The summed E-state index contributed by atoms with van der Waals surface area (Å²) >= 11 is -0.131. The average Bonchev–Trinajstić information content (AvgIpc) is 3.19. The van der Waals surface area contributed by atoms with Crippen LogP contribution < -0.4 is 24.8 Å². The third-order valence-corrected chi connectivity index (χ3v) is 23.4. The smallest absolute Gasteiger partial charge is 1.00 e. The number of rotatable bonds is 10. The fourth-order valence-corrected chi connectivity index (χ4v) is 21.1. The molecule has 0 bridgehead atoms. The Morgan fingerprint density at radius 1 is 0.710 bits per heavy atom. The molecule has 0 N–H and O–H groups in total. The van der Waals surface area contributed by atoms with Crippen LogP contribution >= 0.6 is 0 Å². The van der Waals surface area contributed by atoms with E-state index in [9.17, 15) is 0 Å². The predicted molar refractivity (Wildman–Crippen MR) is 130 cm³/mol. The Morgan fingerprint density at radius 2 is 1.10 bits per heavy atom. The van der Waals surface area contributed by atoms with Crippen LogP contribution in [0.15, 0.2) is 41.4 Å². The minimum Gasteiger partial charge on any atom is -1.00 e. The standard InChI is InChI=1S/2C13H21Si.2ClH.Ti/c2*1-3-4-8-14(9-5-10-14)13-7-6-12(2)11-13;;;/h2*7H,3-6,8-10H2,1-2H3;2*1H;/q;;;;+2/p-2. The summed E-state index contributed by atoms with van der Waals surface area (Å²) in [6.45, 7) is 9.76. The van der Waals surface area contributed by atoms with Crippen molar-refractivity contribution < 1.29 is 44.0 Å². The average molecular weight is 530 g/mol. The summed E-state index contributed by atoms with van der Waals surface area (Å²) in [6.07, 6.45) is 16.9. The van der Waals surface area contributed by atoms with Gasteiger partial charge in [-0.2, -0.15) is 0 Å². The summed E-state index contributed by atoms with van der Waals surface area (Å²) in [5.41, 5.74) is 3.56. The third kappa shape index (κ3) is 5.35. The zero-order chi connectivity index (χ0) is 20.5. The van der Waals surface area contributed by atoms with Crippen molar-refractivity contribution in [3.05, 3.63) is 41.4 Å². The van der Waals surface area contributed by atoms with Crippen molar-refractivity contribution in [3.63, 3.8) is 0 Å². The Kier molecular flexibility index (Phi) is 10.7. The maximum atomic E-state index is 2.75. The van der Waals surface area contributed by atoms with Crippen LogP contribution in [0.4, 0.5) is 0 Å². The molecule has 172 valence electrons. The molecule has 0 unspecified atom stereocenters. The predicted octanol–water partition coefficient (Wildman–Crippen LogP) is 2.67. The molecule has 4 rings (SSSR count). The summed E-state index contributed by atoms with van der Waals surface area (Å²) in [5.74, 6) is 0. The number of hydrogen-bond acceptors (Lipinski definition) is 0. The maximum Gasteiger partial charge on any atom is -1.00 e. The molecule has 0 spiro atoms. The number of halogens is 2. The van der Waals surface area contributed by atoms with E-state index in [-0.39, 0.29) is 44.0 Å². The molecule has 2 fully saturated rings. The Labute approximate surface area is 215 Å². The van der Waals surface area contributed by atoms with Gasteiger partial charge in [-0.25, -0.2) is 0 Å². The quantitative estimate of drug-likeness (QED) is 0.382. The first kappa shape index (κ1) is 27.9. The van der Waals surface area contributed by atoms with Crippen LogP contribution in [0.3, 0.4) is 0 Å². The van der Waals surface area contributed by atoms with Crippen LogP contribution in [-0.2, 0) is 19.2 Å². The van der Waals surface area contributed by atoms with Crippen molar-refractivity contribution in [1.82, 2.24) is 0 Å². The zero-order valence-corrected chi connectivity index (χ0v) is 25.4. The monoisotopic (exact) mass is 528 g/mol. The van der Waals surface area contributed by atoms with E-state index < -0.39 is 16.1 Å². The van der Waals surface area contributed by atoms with Crippen molar-refractivity contribution in [3.8, 4) is 0 Å². The van der Waals surface area contributed by atoms with Gasteiger partial charge in [0.05, 0.1) is 0 Å². The largest absolute Gasteiger partial charge is 1.00 e. The molecule has 4 aliphatic rings. The van der Waals surface area contributed by atoms with Gasteiger partial charge in [0, 0.05) is 0 Å². The molecule has 0 radical (unpaired) electrons. The van der Waals surface area contributed by atoms with Crippen LogP contribution in [0.5, 0.6) is 0 Å². The van der Waals surface area contributed by atoms with Crippen molar-refractivity contribution in [2.45, 2.75) is 115 Å². The fourth-order valence-electron chi connectivity index (χ4n) is 6.36. The van der Waals surface area contributed by atoms with Crippen molar-refractivity contribution in [1.29, 1.82) is 0 Å². The first-order chi connectivity index (χ1) is 14.1. The Morgan fingerprint density at radius 3 is 1.39 bits per heavy atom. The summed E-state index contributed by atoms with van der Waals surface area (Å²) in [7, 11) is -2.22. The van der Waals surface area contributed by atoms with Crippen molar-refractivity contribution in [2.75, 3.05) is 0 Å². The summed E-state index contributed by atoms with van der Waals surface area (Å²) < 4.78 is 3.93. The minimum atomic E-state index is -1.11. The minimum absolute atomic E-state index is 0. The molecule has 5 heteroatoms. The molecule has 2 heterocycles. The Hall–Kier alpha value is 0.688. The van der Waals surface area contributed by atoms with Crippen LogP contribution in [0.25, 0.3) is 0 Å². The SMILES string of the molecule is CCCC[Si]1(C2=CCC(C)=[C]2[Ti+2][C]2=C(C)CC=C2[Si]2(CCCC)CCC2)CCC1.[Cl-].[Cl-]. The van der Waals surface area contributed by atoms with Gasteiger partial charge in [-0.1, -0.05) is 0 Å². The number of unbranched alkanes of at least 4 members (excludes halogenated alkanes) is 2. The van der Waals surface area contributed by atoms with Gasteiger partial charge < -0.3 is 24.8 Å². The molecular weight excluding hydrogens is 487 g/mol. The van der Waals surface area contributed by atoms with E-state index in [2.05, 4.69) is 39.8 Å². The molecule has 0 amide bonds. The molecule has 0 nitrogen and oxygen atoms in total. The normalized spacial score (nSPS) is 23.2. The van der Waals surface area contributed by atoms with Crippen molar-refractivity contribution >= 4 is 16.1 Å². The number of hydrogen-bond donors (Lipinski definition) is 0. The fraction of sp³-hybridized carbons (Fsp3) is 0.692. The molecule has 0 aromatic carbocycles. The second kappa shape index (κ2) is 11.9. The van der Waals surface area contributed by atoms with E-state index in [1.54, 1.807) is 47.4 Å². The third-order valence-electron chi connectivity index (χ3n) is 8.65. The van der Waals surface area contributed by atoms with Gasteiger partial charge in [0.1, 0.15) is 0 Å². The molecule has 0 aromatic rings. The van der Waals surface area contributed by atoms with Gasteiger partial charge in [0.15, 0.2) is 0 Å². The van der Waals surface area contributed by atoms with E-state index in [4.69, 9.17) is 0 Å². The van der Waals surface area contributed by atoms with Crippen LogP contribution in [0, 0.1) is 0 Å². The first-order valence-corrected chi connectivity index (χ1v) is 19.4.